The summed E-state index contributed by atoms with van der Waals surface area (Å²) in [5, 5.41) is 12.2. The number of carbonyl (C=O) groups excluding carboxylic acids is 1. The number of nitrogens with one attached hydrogen (secondary N) is 1. The monoisotopic (exact) mass is 328 g/mol. The molecule has 1 spiro atoms. The summed E-state index contributed by atoms with van der Waals surface area (Å²) >= 11 is 0. The highest BCUT2D eigenvalue weighted by molar-refractivity contribution is 5.95. The van der Waals surface area contributed by atoms with Crippen molar-refractivity contribution in [3.05, 3.63) is 29.8 Å². The molecular weight excluding hydrogens is 304 g/mol. The van der Waals surface area contributed by atoms with E-state index in [0.29, 0.717) is 12.8 Å². The van der Waals surface area contributed by atoms with Crippen molar-refractivity contribution < 1.29 is 14.7 Å². The molecule has 5 heteroatoms. The van der Waals surface area contributed by atoms with E-state index in [1.807, 2.05) is 17.0 Å². The third-order valence-corrected chi connectivity index (χ3v) is 6.19. The maximum Gasteiger partial charge on any atom is 0.322 e. The number of nitrogens with zero attached hydrogens (tertiary/aromatic N) is 1. The number of carboxylic acids is 1. The number of anilines is 1. The first kappa shape index (κ1) is 15.5. The average Bonchev–Trinajstić information content (AvgIpc) is 2.91. The number of amides is 2. The van der Waals surface area contributed by atoms with Crippen LogP contribution < -0.4 is 10.2 Å². The minimum atomic E-state index is -0.708. The van der Waals surface area contributed by atoms with Crippen LogP contribution in [-0.2, 0) is 10.2 Å². The summed E-state index contributed by atoms with van der Waals surface area (Å²) in [7, 11) is 0. The normalized spacial score (nSPS) is 27.4. The predicted octanol–water partition coefficient (Wildman–Crippen LogP) is 3.28. The van der Waals surface area contributed by atoms with Crippen molar-refractivity contribution in [1.82, 2.24) is 5.32 Å². The number of rotatable bonds is 2. The summed E-state index contributed by atoms with van der Waals surface area (Å²) in [5.74, 6) is -0.955. The summed E-state index contributed by atoms with van der Waals surface area (Å²) in [6, 6.07) is 8.34. The van der Waals surface area contributed by atoms with E-state index >= 15 is 0 Å². The molecule has 3 aliphatic rings. The number of benzene rings is 1. The Labute approximate surface area is 142 Å². The van der Waals surface area contributed by atoms with Crippen molar-refractivity contribution >= 4 is 17.7 Å². The Balaban J connectivity index is 1.44. The van der Waals surface area contributed by atoms with Crippen LogP contribution in [-0.4, -0.2) is 29.7 Å². The number of hydrogen-bond donors (Lipinski definition) is 2. The molecule has 1 aromatic carbocycles. The van der Waals surface area contributed by atoms with Crippen molar-refractivity contribution in [2.75, 3.05) is 11.4 Å². The molecule has 2 fully saturated rings. The second kappa shape index (κ2) is 5.80. The molecule has 0 saturated heterocycles. The van der Waals surface area contributed by atoms with Crippen LogP contribution in [0.25, 0.3) is 0 Å². The van der Waals surface area contributed by atoms with Gasteiger partial charge < -0.3 is 10.4 Å². The zero-order valence-electron chi connectivity index (χ0n) is 13.8. The van der Waals surface area contributed by atoms with Gasteiger partial charge in [-0.15, -0.1) is 0 Å². The van der Waals surface area contributed by atoms with Crippen molar-refractivity contribution in [3.63, 3.8) is 0 Å². The fourth-order valence-electron chi connectivity index (χ4n) is 4.58. The van der Waals surface area contributed by atoms with Crippen LogP contribution in [0.15, 0.2) is 24.3 Å². The molecule has 0 radical (unpaired) electrons. The van der Waals surface area contributed by atoms with Gasteiger partial charge in [0.2, 0.25) is 0 Å². The van der Waals surface area contributed by atoms with Gasteiger partial charge in [0.25, 0.3) is 0 Å². The molecule has 1 aromatic rings. The Morgan fingerprint density at radius 3 is 2.46 bits per heavy atom. The molecule has 2 aliphatic carbocycles. The SMILES string of the molecule is O=C(O)C1CCC(NC(=O)N2CC3(CCC3)c3ccccc32)CC1. The Morgan fingerprint density at radius 2 is 1.83 bits per heavy atom. The van der Waals surface area contributed by atoms with Crippen LogP contribution >= 0.6 is 0 Å². The summed E-state index contributed by atoms with van der Waals surface area (Å²) < 4.78 is 0. The van der Waals surface area contributed by atoms with Crippen molar-refractivity contribution in [3.8, 4) is 0 Å². The van der Waals surface area contributed by atoms with Crippen LogP contribution in [0, 0.1) is 5.92 Å². The number of urea groups is 1. The smallest absolute Gasteiger partial charge is 0.322 e. The molecule has 0 atom stereocenters. The van der Waals surface area contributed by atoms with Crippen LogP contribution in [0.4, 0.5) is 10.5 Å². The van der Waals surface area contributed by atoms with Gasteiger partial charge in [-0.1, -0.05) is 24.6 Å². The minimum absolute atomic E-state index is 0.0231. The van der Waals surface area contributed by atoms with Crippen LogP contribution in [0.2, 0.25) is 0 Å². The maximum absolute atomic E-state index is 12.8. The minimum Gasteiger partial charge on any atom is -0.481 e. The third-order valence-electron chi connectivity index (χ3n) is 6.19. The molecule has 2 amide bonds. The lowest BCUT2D eigenvalue weighted by Gasteiger charge is -2.39. The van der Waals surface area contributed by atoms with Crippen LogP contribution in [0.3, 0.4) is 0 Å². The van der Waals surface area contributed by atoms with Crippen molar-refractivity contribution in [2.24, 2.45) is 5.92 Å². The molecule has 1 aliphatic heterocycles. The van der Waals surface area contributed by atoms with Gasteiger partial charge in [-0.2, -0.15) is 0 Å². The standard InChI is InChI=1S/C19H24N2O3/c22-17(23)13-6-8-14(9-7-13)20-18(24)21-12-19(10-3-11-19)15-4-1-2-5-16(15)21/h1-2,4-5,13-14H,3,6-12H2,(H,20,24)(H,22,23). The summed E-state index contributed by atoms with van der Waals surface area (Å²) in [6.45, 7) is 0.780. The van der Waals surface area contributed by atoms with Gasteiger partial charge in [-0.05, 0) is 50.2 Å². The van der Waals surface area contributed by atoms with E-state index in [9.17, 15) is 9.59 Å². The second-order valence-electron chi connectivity index (χ2n) is 7.57. The van der Waals surface area contributed by atoms with Gasteiger partial charge in [-0.25, -0.2) is 4.79 Å². The second-order valence-corrected chi connectivity index (χ2v) is 7.57. The lowest BCUT2D eigenvalue weighted by Crippen LogP contribution is -2.48. The average molecular weight is 328 g/mol. The lowest BCUT2D eigenvalue weighted by molar-refractivity contribution is -0.142. The van der Waals surface area contributed by atoms with E-state index in [1.165, 1.54) is 12.0 Å². The van der Waals surface area contributed by atoms with E-state index in [0.717, 1.165) is 37.9 Å². The predicted molar refractivity (Wildman–Crippen MR) is 91.2 cm³/mol. The van der Waals surface area contributed by atoms with Crippen molar-refractivity contribution in [2.45, 2.75) is 56.4 Å². The quantitative estimate of drug-likeness (QED) is 0.875. The molecule has 5 nitrogen and oxygen atoms in total. The number of para-hydroxylation sites is 1. The summed E-state index contributed by atoms with van der Waals surface area (Å²) in [4.78, 5) is 25.8. The lowest BCUT2D eigenvalue weighted by atomic mass is 9.66. The molecule has 0 unspecified atom stereocenters. The molecule has 24 heavy (non-hydrogen) atoms. The zero-order valence-corrected chi connectivity index (χ0v) is 13.8. The summed E-state index contributed by atoms with van der Waals surface area (Å²) in [5.41, 5.74) is 2.55. The van der Waals surface area contributed by atoms with Crippen molar-refractivity contribution in [1.29, 1.82) is 0 Å². The molecule has 4 rings (SSSR count). The highest BCUT2D eigenvalue weighted by Gasteiger charge is 2.48. The first-order valence-corrected chi connectivity index (χ1v) is 8.99. The highest BCUT2D eigenvalue weighted by atomic mass is 16.4. The molecule has 0 bridgehead atoms. The van der Waals surface area contributed by atoms with E-state index in [4.69, 9.17) is 5.11 Å². The summed E-state index contributed by atoms with van der Waals surface area (Å²) in [6.07, 6.45) is 6.38. The Kier molecular flexibility index (Phi) is 3.74. The first-order valence-electron chi connectivity index (χ1n) is 8.99. The number of hydrogen-bond acceptors (Lipinski definition) is 2. The number of fused-ring (bicyclic) bond motifs is 2. The van der Waals surface area contributed by atoms with Crippen LogP contribution in [0.5, 0.6) is 0 Å². The largest absolute Gasteiger partial charge is 0.481 e. The topological polar surface area (TPSA) is 69.6 Å². The molecular formula is C19H24N2O3. The Hall–Kier alpha value is -2.04. The van der Waals surface area contributed by atoms with Gasteiger partial charge in [0.05, 0.1) is 5.92 Å². The Morgan fingerprint density at radius 1 is 1.12 bits per heavy atom. The van der Waals surface area contributed by atoms with E-state index < -0.39 is 5.97 Å². The molecule has 2 N–H and O–H groups in total. The fourth-order valence-corrected chi connectivity index (χ4v) is 4.58. The van der Waals surface area contributed by atoms with E-state index in [1.54, 1.807) is 0 Å². The van der Waals surface area contributed by atoms with E-state index in [2.05, 4.69) is 17.4 Å². The van der Waals surface area contributed by atoms with E-state index in [-0.39, 0.29) is 23.4 Å². The third kappa shape index (κ3) is 2.46. The van der Waals surface area contributed by atoms with Gasteiger partial charge >= 0.3 is 12.0 Å². The molecule has 0 aromatic heterocycles. The number of aliphatic carboxylic acids is 1. The molecule has 2 saturated carbocycles. The number of carboxylic acid groups (broad SMARTS) is 1. The zero-order chi connectivity index (χ0) is 16.7. The van der Waals surface area contributed by atoms with Crippen LogP contribution in [0.1, 0.15) is 50.5 Å². The van der Waals surface area contributed by atoms with Gasteiger partial charge in [-0.3, -0.25) is 9.69 Å². The molecule has 128 valence electrons. The maximum atomic E-state index is 12.8. The molecule has 1 heterocycles. The number of carbonyl (C=O) groups is 2. The Bertz CT molecular complexity index is 660. The highest BCUT2D eigenvalue weighted by Crippen LogP contribution is 2.52. The fraction of sp³-hybridized carbons (Fsp3) is 0.579. The first-order chi connectivity index (χ1) is 11.6. The van der Waals surface area contributed by atoms with Gasteiger partial charge in [0, 0.05) is 23.7 Å². The van der Waals surface area contributed by atoms with Gasteiger partial charge in [0.1, 0.15) is 0 Å². The van der Waals surface area contributed by atoms with Gasteiger partial charge in [0.15, 0.2) is 0 Å².